The summed E-state index contributed by atoms with van der Waals surface area (Å²) in [4.78, 5) is 3.95. The van der Waals surface area contributed by atoms with Gasteiger partial charge in [-0.1, -0.05) is 0 Å². The Balaban J connectivity index is 2.11. The van der Waals surface area contributed by atoms with Gasteiger partial charge < -0.3 is 4.74 Å². The predicted molar refractivity (Wildman–Crippen MR) is 93.9 cm³/mol. The molecule has 0 aliphatic carbocycles. The highest BCUT2D eigenvalue weighted by Gasteiger charge is 2.06. The molecule has 0 atom stereocenters. The summed E-state index contributed by atoms with van der Waals surface area (Å²) in [7, 11) is 1.68. The van der Waals surface area contributed by atoms with Crippen LogP contribution < -0.4 is 10.2 Å². The molecular weight excluding hydrogens is 468 g/mol. The second-order valence-corrected chi connectivity index (χ2v) is 5.95. The van der Waals surface area contributed by atoms with Crippen molar-refractivity contribution in [2.75, 3.05) is 12.5 Å². The second-order valence-electron chi connectivity index (χ2n) is 3.62. The molecular formula is C13H11I2N3O. The molecule has 2 rings (SSSR count). The van der Waals surface area contributed by atoms with Crippen molar-refractivity contribution in [3.8, 4) is 5.75 Å². The van der Waals surface area contributed by atoms with Crippen molar-refractivity contribution in [2.24, 2.45) is 5.10 Å². The first-order valence-electron chi connectivity index (χ1n) is 5.43. The lowest BCUT2D eigenvalue weighted by molar-refractivity contribution is 0.409. The van der Waals surface area contributed by atoms with E-state index in [0.29, 0.717) is 0 Å². The summed E-state index contributed by atoms with van der Waals surface area (Å²) in [6, 6.07) is 7.77. The Hall–Kier alpha value is -0.900. The van der Waals surface area contributed by atoms with E-state index in [2.05, 4.69) is 60.7 Å². The standard InChI is InChI=1S/C13H11I2N3O/c1-19-13-11(14)6-9(7-12(13)15)8-17-18-10-2-4-16-5-3-10/h2-8H,1H3,(H,16,18)/b17-8+. The van der Waals surface area contributed by atoms with Crippen molar-refractivity contribution < 1.29 is 4.74 Å². The molecule has 1 aromatic carbocycles. The molecule has 1 aromatic heterocycles. The van der Waals surface area contributed by atoms with E-state index in [9.17, 15) is 0 Å². The summed E-state index contributed by atoms with van der Waals surface area (Å²) in [6.45, 7) is 0. The maximum Gasteiger partial charge on any atom is 0.145 e. The number of rotatable bonds is 4. The number of methoxy groups -OCH3 is 1. The van der Waals surface area contributed by atoms with Crippen molar-refractivity contribution in [1.82, 2.24) is 4.98 Å². The lowest BCUT2D eigenvalue weighted by atomic mass is 10.2. The molecule has 0 fully saturated rings. The van der Waals surface area contributed by atoms with Crippen LogP contribution in [-0.4, -0.2) is 18.3 Å². The Kier molecular flexibility index (Phi) is 5.37. The number of hydrazone groups is 1. The molecule has 0 bridgehead atoms. The van der Waals surface area contributed by atoms with Gasteiger partial charge in [-0.15, -0.1) is 0 Å². The molecule has 19 heavy (non-hydrogen) atoms. The molecule has 6 heteroatoms. The van der Waals surface area contributed by atoms with Gasteiger partial charge in [0, 0.05) is 12.4 Å². The normalized spacial score (nSPS) is 10.7. The highest BCUT2D eigenvalue weighted by Crippen LogP contribution is 2.27. The van der Waals surface area contributed by atoms with Crippen molar-refractivity contribution in [2.45, 2.75) is 0 Å². The summed E-state index contributed by atoms with van der Waals surface area (Å²) in [6.07, 6.45) is 5.22. The third kappa shape index (κ3) is 4.03. The van der Waals surface area contributed by atoms with E-state index >= 15 is 0 Å². The molecule has 0 amide bonds. The molecule has 0 spiro atoms. The van der Waals surface area contributed by atoms with E-state index in [1.54, 1.807) is 25.7 Å². The summed E-state index contributed by atoms with van der Waals surface area (Å²) in [5.74, 6) is 0.903. The zero-order valence-corrected chi connectivity index (χ0v) is 14.4. The number of hydrogen-bond donors (Lipinski definition) is 1. The monoisotopic (exact) mass is 479 g/mol. The fourth-order valence-electron chi connectivity index (χ4n) is 1.46. The van der Waals surface area contributed by atoms with Crippen LogP contribution in [0.4, 0.5) is 5.69 Å². The van der Waals surface area contributed by atoms with Gasteiger partial charge in [0.25, 0.3) is 0 Å². The highest BCUT2D eigenvalue weighted by atomic mass is 127. The van der Waals surface area contributed by atoms with Gasteiger partial charge in [-0.3, -0.25) is 10.4 Å². The van der Waals surface area contributed by atoms with Crippen LogP contribution >= 0.6 is 45.2 Å². The number of benzene rings is 1. The van der Waals surface area contributed by atoms with Crippen molar-refractivity contribution in [1.29, 1.82) is 0 Å². The third-order valence-electron chi connectivity index (χ3n) is 2.31. The molecule has 0 radical (unpaired) electrons. The van der Waals surface area contributed by atoms with Crippen LogP contribution in [-0.2, 0) is 0 Å². The minimum Gasteiger partial charge on any atom is -0.495 e. The molecule has 4 nitrogen and oxygen atoms in total. The summed E-state index contributed by atoms with van der Waals surface area (Å²) in [5.41, 5.74) is 4.88. The van der Waals surface area contributed by atoms with Gasteiger partial charge in [0.15, 0.2) is 0 Å². The minimum atomic E-state index is 0.903. The Morgan fingerprint density at radius 2 is 1.84 bits per heavy atom. The van der Waals surface area contributed by atoms with Gasteiger partial charge in [-0.05, 0) is 75.0 Å². The Bertz CT molecular complexity index is 565. The van der Waals surface area contributed by atoms with Crippen LogP contribution in [0.25, 0.3) is 0 Å². The molecule has 98 valence electrons. The average Bonchev–Trinajstić information content (AvgIpc) is 2.40. The Morgan fingerprint density at radius 1 is 1.21 bits per heavy atom. The van der Waals surface area contributed by atoms with Crippen LogP contribution in [0.15, 0.2) is 41.8 Å². The van der Waals surface area contributed by atoms with Crippen LogP contribution in [0.3, 0.4) is 0 Å². The Morgan fingerprint density at radius 3 is 2.42 bits per heavy atom. The summed E-state index contributed by atoms with van der Waals surface area (Å²) < 4.78 is 7.46. The number of ether oxygens (including phenoxy) is 1. The number of hydrogen-bond acceptors (Lipinski definition) is 4. The molecule has 1 N–H and O–H groups in total. The third-order valence-corrected chi connectivity index (χ3v) is 3.91. The van der Waals surface area contributed by atoms with E-state index in [-0.39, 0.29) is 0 Å². The summed E-state index contributed by atoms with van der Waals surface area (Å²) >= 11 is 4.51. The number of nitrogens with zero attached hydrogens (tertiary/aromatic N) is 2. The number of aromatic nitrogens is 1. The molecule has 0 aliphatic rings. The minimum absolute atomic E-state index is 0.903. The molecule has 1 heterocycles. The Labute approximate surface area is 138 Å². The van der Waals surface area contributed by atoms with Crippen molar-refractivity contribution in [3.05, 3.63) is 49.4 Å². The first kappa shape index (κ1) is 14.5. The largest absolute Gasteiger partial charge is 0.495 e. The number of halogens is 2. The van der Waals surface area contributed by atoms with E-state index < -0.39 is 0 Å². The lowest BCUT2D eigenvalue weighted by Crippen LogP contribution is -1.95. The lowest BCUT2D eigenvalue weighted by Gasteiger charge is -2.07. The van der Waals surface area contributed by atoms with Gasteiger partial charge >= 0.3 is 0 Å². The van der Waals surface area contributed by atoms with Gasteiger partial charge in [0.05, 0.1) is 26.2 Å². The smallest absolute Gasteiger partial charge is 0.145 e. The first-order chi connectivity index (χ1) is 9.20. The van der Waals surface area contributed by atoms with Crippen molar-refractivity contribution in [3.63, 3.8) is 0 Å². The quantitative estimate of drug-likeness (QED) is 0.413. The molecule has 0 unspecified atom stereocenters. The van der Waals surface area contributed by atoms with E-state index in [1.165, 1.54) is 0 Å². The van der Waals surface area contributed by atoms with Gasteiger partial charge in [-0.25, -0.2) is 0 Å². The van der Waals surface area contributed by atoms with E-state index in [1.807, 2.05) is 24.3 Å². The zero-order valence-electron chi connectivity index (χ0n) is 10.1. The molecule has 0 saturated carbocycles. The number of nitrogens with one attached hydrogen (secondary N) is 1. The maximum atomic E-state index is 5.32. The number of anilines is 1. The van der Waals surface area contributed by atoms with E-state index in [4.69, 9.17) is 4.74 Å². The van der Waals surface area contributed by atoms with Crippen molar-refractivity contribution >= 4 is 57.1 Å². The fourth-order valence-corrected chi connectivity index (χ4v) is 3.71. The van der Waals surface area contributed by atoms with Crippen LogP contribution in [0, 0.1) is 7.14 Å². The molecule has 2 aromatic rings. The SMILES string of the molecule is COc1c(I)cc(/C=N/Nc2ccncc2)cc1I. The van der Waals surface area contributed by atoms with Gasteiger partial charge in [0.2, 0.25) is 0 Å². The van der Waals surface area contributed by atoms with Gasteiger partial charge in [-0.2, -0.15) is 5.10 Å². The fraction of sp³-hybridized carbons (Fsp3) is 0.0769. The topological polar surface area (TPSA) is 46.5 Å². The van der Waals surface area contributed by atoms with Gasteiger partial charge in [0.1, 0.15) is 5.75 Å². The second kappa shape index (κ2) is 7.04. The van der Waals surface area contributed by atoms with Crippen LogP contribution in [0.5, 0.6) is 5.75 Å². The summed E-state index contributed by atoms with van der Waals surface area (Å²) in [5, 5.41) is 4.20. The average molecular weight is 479 g/mol. The maximum absolute atomic E-state index is 5.32. The molecule has 0 saturated heterocycles. The molecule has 0 aliphatic heterocycles. The van der Waals surface area contributed by atoms with E-state index in [0.717, 1.165) is 24.1 Å². The zero-order chi connectivity index (χ0) is 13.7. The highest BCUT2D eigenvalue weighted by molar-refractivity contribution is 14.1. The first-order valence-corrected chi connectivity index (χ1v) is 7.58. The number of pyridine rings is 1. The predicted octanol–water partition coefficient (Wildman–Crippen LogP) is 3.75. The van der Waals surface area contributed by atoms with Crippen LogP contribution in [0.2, 0.25) is 0 Å². The van der Waals surface area contributed by atoms with Crippen LogP contribution in [0.1, 0.15) is 5.56 Å².